The molecule has 96 valence electrons. The van der Waals surface area contributed by atoms with Crippen molar-refractivity contribution in [1.29, 1.82) is 0 Å². The van der Waals surface area contributed by atoms with Crippen molar-refractivity contribution in [2.75, 3.05) is 6.54 Å². The van der Waals surface area contributed by atoms with Crippen LogP contribution in [0, 0.1) is 17.8 Å². The molecule has 18 heavy (non-hydrogen) atoms. The van der Waals surface area contributed by atoms with Crippen LogP contribution in [0.3, 0.4) is 0 Å². The first-order chi connectivity index (χ1) is 8.83. The van der Waals surface area contributed by atoms with Crippen molar-refractivity contribution in [3.8, 4) is 0 Å². The van der Waals surface area contributed by atoms with E-state index in [2.05, 4.69) is 17.4 Å². The maximum absolute atomic E-state index is 12.1. The summed E-state index contributed by atoms with van der Waals surface area (Å²) in [5.41, 5.74) is 1.30. The third kappa shape index (κ3) is 2.43. The van der Waals surface area contributed by atoms with Gasteiger partial charge in [-0.2, -0.15) is 0 Å². The molecular formula is C16H21NO. The lowest BCUT2D eigenvalue weighted by Gasteiger charge is -2.20. The van der Waals surface area contributed by atoms with E-state index in [-0.39, 0.29) is 0 Å². The van der Waals surface area contributed by atoms with E-state index in [4.69, 9.17) is 0 Å². The summed E-state index contributed by atoms with van der Waals surface area (Å²) in [5, 5.41) is 3.12. The highest BCUT2D eigenvalue weighted by atomic mass is 16.1. The molecule has 1 aromatic carbocycles. The van der Waals surface area contributed by atoms with Crippen LogP contribution in [0.5, 0.6) is 0 Å². The van der Waals surface area contributed by atoms with Gasteiger partial charge in [-0.1, -0.05) is 36.8 Å². The number of fused-ring (bicyclic) bond motifs is 2. The molecule has 0 heterocycles. The second kappa shape index (κ2) is 5.13. The van der Waals surface area contributed by atoms with Crippen molar-refractivity contribution in [2.45, 2.75) is 32.1 Å². The molecule has 2 bridgehead atoms. The Morgan fingerprint density at radius 1 is 1.17 bits per heavy atom. The molecule has 2 fully saturated rings. The minimum atomic E-state index is 0.304. The molecule has 1 amide bonds. The van der Waals surface area contributed by atoms with Gasteiger partial charge in [0.05, 0.1) is 0 Å². The Labute approximate surface area is 109 Å². The van der Waals surface area contributed by atoms with Crippen LogP contribution in [0.4, 0.5) is 0 Å². The van der Waals surface area contributed by atoms with Crippen LogP contribution < -0.4 is 5.32 Å². The molecule has 2 aliphatic rings. The monoisotopic (exact) mass is 243 g/mol. The van der Waals surface area contributed by atoms with E-state index in [9.17, 15) is 4.79 Å². The number of hydrogen-bond donors (Lipinski definition) is 1. The van der Waals surface area contributed by atoms with Crippen LogP contribution >= 0.6 is 0 Å². The molecule has 2 saturated carbocycles. The molecule has 3 atom stereocenters. The van der Waals surface area contributed by atoms with Gasteiger partial charge in [-0.25, -0.2) is 0 Å². The molecule has 0 saturated heterocycles. The van der Waals surface area contributed by atoms with E-state index in [1.807, 2.05) is 18.2 Å². The highest BCUT2D eigenvalue weighted by molar-refractivity contribution is 5.79. The average molecular weight is 243 g/mol. The summed E-state index contributed by atoms with van der Waals surface area (Å²) in [4.78, 5) is 12.1. The average Bonchev–Trinajstić information content (AvgIpc) is 3.02. The molecule has 0 unspecified atom stereocenters. The lowest BCUT2D eigenvalue weighted by atomic mass is 9.88. The second-order valence-electron chi connectivity index (χ2n) is 5.81. The molecule has 0 radical (unpaired) electrons. The molecule has 2 heteroatoms. The van der Waals surface area contributed by atoms with E-state index in [0.29, 0.717) is 17.7 Å². The SMILES string of the molecule is O=C(NCCc1ccccc1)[C@H]1C[C@H]2CC[C@@H]1C2. The summed E-state index contributed by atoms with van der Waals surface area (Å²) < 4.78 is 0. The highest BCUT2D eigenvalue weighted by Crippen LogP contribution is 2.48. The summed E-state index contributed by atoms with van der Waals surface area (Å²) in [6.07, 6.45) is 6.02. The third-order valence-electron chi connectivity index (χ3n) is 4.63. The lowest BCUT2D eigenvalue weighted by molar-refractivity contribution is -0.126. The van der Waals surface area contributed by atoms with Gasteiger partial charge >= 0.3 is 0 Å². The fourth-order valence-electron chi connectivity index (χ4n) is 3.67. The summed E-state index contributed by atoms with van der Waals surface area (Å²) in [5.74, 6) is 2.16. The van der Waals surface area contributed by atoms with Crippen molar-refractivity contribution in [2.24, 2.45) is 17.8 Å². The maximum Gasteiger partial charge on any atom is 0.223 e. The van der Waals surface area contributed by atoms with Gasteiger partial charge < -0.3 is 5.32 Å². The molecular weight excluding hydrogens is 222 g/mol. The first kappa shape index (κ1) is 11.8. The predicted molar refractivity (Wildman–Crippen MR) is 72.1 cm³/mol. The Hall–Kier alpha value is -1.31. The Kier molecular flexibility index (Phi) is 3.35. The normalized spacial score (nSPS) is 29.4. The summed E-state index contributed by atoms with van der Waals surface area (Å²) in [6.45, 7) is 0.775. The van der Waals surface area contributed by atoms with Crippen molar-refractivity contribution in [3.63, 3.8) is 0 Å². The van der Waals surface area contributed by atoms with Crippen molar-refractivity contribution < 1.29 is 4.79 Å². The molecule has 0 spiro atoms. The summed E-state index contributed by atoms with van der Waals surface area (Å²) in [6, 6.07) is 10.4. The fourth-order valence-corrected chi connectivity index (χ4v) is 3.67. The van der Waals surface area contributed by atoms with Gasteiger partial charge in [0.2, 0.25) is 5.91 Å². The Bertz CT molecular complexity index is 414. The van der Waals surface area contributed by atoms with Gasteiger partial charge in [-0.05, 0) is 43.1 Å². The highest BCUT2D eigenvalue weighted by Gasteiger charge is 2.42. The number of benzene rings is 1. The van der Waals surface area contributed by atoms with Crippen LogP contribution in [0.1, 0.15) is 31.2 Å². The zero-order valence-corrected chi connectivity index (χ0v) is 10.8. The predicted octanol–water partition coefficient (Wildman–Crippen LogP) is 2.78. The Morgan fingerprint density at radius 2 is 2.00 bits per heavy atom. The number of carbonyl (C=O) groups excluding carboxylic acids is 1. The molecule has 0 aromatic heterocycles. The molecule has 2 aliphatic carbocycles. The van der Waals surface area contributed by atoms with E-state index in [0.717, 1.165) is 25.3 Å². The van der Waals surface area contributed by atoms with Gasteiger partial charge in [0, 0.05) is 12.5 Å². The number of carbonyl (C=O) groups is 1. The minimum Gasteiger partial charge on any atom is -0.356 e. The van der Waals surface area contributed by atoms with Crippen LogP contribution in [0.25, 0.3) is 0 Å². The van der Waals surface area contributed by atoms with Crippen LogP contribution in [0.15, 0.2) is 30.3 Å². The van der Waals surface area contributed by atoms with Gasteiger partial charge in [0.15, 0.2) is 0 Å². The van der Waals surface area contributed by atoms with Crippen LogP contribution in [-0.2, 0) is 11.2 Å². The van der Waals surface area contributed by atoms with Crippen molar-refractivity contribution >= 4 is 5.91 Å². The van der Waals surface area contributed by atoms with Gasteiger partial charge in [0.1, 0.15) is 0 Å². The second-order valence-corrected chi connectivity index (χ2v) is 5.81. The first-order valence-electron chi connectivity index (χ1n) is 7.14. The largest absolute Gasteiger partial charge is 0.356 e. The molecule has 2 nitrogen and oxygen atoms in total. The quantitative estimate of drug-likeness (QED) is 0.865. The molecule has 3 rings (SSSR count). The zero-order valence-electron chi connectivity index (χ0n) is 10.8. The minimum absolute atomic E-state index is 0.304. The molecule has 1 N–H and O–H groups in total. The van der Waals surface area contributed by atoms with Gasteiger partial charge in [-0.3, -0.25) is 4.79 Å². The van der Waals surface area contributed by atoms with Crippen molar-refractivity contribution in [3.05, 3.63) is 35.9 Å². The standard InChI is InChI=1S/C16H21NO/c18-16(15-11-13-6-7-14(15)10-13)17-9-8-12-4-2-1-3-5-12/h1-5,13-15H,6-11H2,(H,17,18)/t13-,14+,15-/m0/s1. The zero-order chi connectivity index (χ0) is 12.4. The fraction of sp³-hybridized carbons (Fsp3) is 0.562. The van der Waals surface area contributed by atoms with E-state index in [1.165, 1.54) is 24.8 Å². The van der Waals surface area contributed by atoms with Crippen LogP contribution in [0.2, 0.25) is 0 Å². The van der Waals surface area contributed by atoms with Crippen molar-refractivity contribution in [1.82, 2.24) is 5.32 Å². The Morgan fingerprint density at radius 3 is 2.67 bits per heavy atom. The number of rotatable bonds is 4. The molecule has 1 aromatic rings. The van der Waals surface area contributed by atoms with E-state index < -0.39 is 0 Å². The third-order valence-corrected chi connectivity index (χ3v) is 4.63. The summed E-state index contributed by atoms with van der Waals surface area (Å²) >= 11 is 0. The molecule has 0 aliphatic heterocycles. The van der Waals surface area contributed by atoms with Crippen LogP contribution in [-0.4, -0.2) is 12.5 Å². The number of hydrogen-bond acceptors (Lipinski definition) is 1. The maximum atomic E-state index is 12.1. The van der Waals surface area contributed by atoms with E-state index in [1.54, 1.807) is 0 Å². The van der Waals surface area contributed by atoms with Gasteiger partial charge in [0.25, 0.3) is 0 Å². The number of nitrogens with one attached hydrogen (secondary N) is 1. The smallest absolute Gasteiger partial charge is 0.223 e. The van der Waals surface area contributed by atoms with E-state index >= 15 is 0 Å². The number of amides is 1. The first-order valence-corrected chi connectivity index (χ1v) is 7.14. The lowest BCUT2D eigenvalue weighted by Crippen LogP contribution is -2.34. The van der Waals surface area contributed by atoms with Gasteiger partial charge in [-0.15, -0.1) is 0 Å². The summed E-state index contributed by atoms with van der Waals surface area (Å²) in [7, 11) is 0. The topological polar surface area (TPSA) is 29.1 Å². The Balaban J connectivity index is 1.45.